The third-order valence-corrected chi connectivity index (χ3v) is 6.81. The fourth-order valence-corrected chi connectivity index (χ4v) is 4.87. The van der Waals surface area contributed by atoms with E-state index in [1.165, 1.54) is 11.1 Å². The van der Waals surface area contributed by atoms with Gasteiger partial charge in [-0.1, -0.05) is 42.0 Å². The van der Waals surface area contributed by atoms with Crippen LogP contribution in [0.15, 0.2) is 83.4 Å². The quantitative estimate of drug-likeness (QED) is 0.249. The summed E-state index contributed by atoms with van der Waals surface area (Å²) in [4.78, 5) is 21.7. The molecule has 2 aliphatic rings. The van der Waals surface area contributed by atoms with Crippen LogP contribution in [0.4, 0.5) is 5.69 Å². The highest BCUT2D eigenvalue weighted by atomic mass is 16.5. The predicted molar refractivity (Wildman–Crippen MR) is 142 cm³/mol. The van der Waals surface area contributed by atoms with Crippen LogP contribution in [0.3, 0.4) is 0 Å². The summed E-state index contributed by atoms with van der Waals surface area (Å²) in [6.45, 7) is 7.24. The number of likely N-dealkylation sites (tertiary alicyclic amines) is 1. The average molecular weight is 466 g/mol. The van der Waals surface area contributed by atoms with Gasteiger partial charge >= 0.3 is 0 Å². The maximum atomic E-state index is 13.0. The van der Waals surface area contributed by atoms with Gasteiger partial charge in [-0.25, -0.2) is 4.99 Å². The van der Waals surface area contributed by atoms with Crippen molar-refractivity contribution in [3.8, 4) is 11.5 Å². The number of benzene rings is 3. The van der Waals surface area contributed by atoms with E-state index in [0.29, 0.717) is 18.7 Å². The molecule has 0 saturated carbocycles. The highest BCUT2D eigenvalue weighted by Gasteiger charge is 2.27. The first-order chi connectivity index (χ1) is 17.2. The van der Waals surface area contributed by atoms with Crippen LogP contribution in [0.1, 0.15) is 48.2 Å². The Morgan fingerprint density at radius 3 is 2.34 bits per heavy atom. The first kappa shape index (κ1) is 22.9. The third kappa shape index (κ3) is 4.72. The van der Waals surface area contributed by atoms with Gasteiger partial charge in [0.05, 0.1) is 12.0 Å². The van der Waals surface area contributed by atoms with Crippen LogP contribution in [0.25, 0.3) is 5.57 Å². The van der Waals surface area contributed by atoms with Crippen molar-refractivity contribution >= 4 is 23.5 Å². The number of aliphatic imine (C=N–C) groups is 1. The number of hydrogen-bond acceptors (Lipinski definition) is 3. The molecule has 0 atom stereocenters. The van der Waals surface area contributed by atoms with E-state index in [-0.39, 0.29) is 5.91 Å². The molecular formula is C30H31N3O2. The Kier molecular flexibility index (Phi) is 6.66. The van der Waals surface area contributed by atoms with Crippen molar-refractivity contribution in [2.45, 2.75) is 26.7 Å². The Morgan fingerprint density at radius 2 is 1.60 bits per heavy atom. The molecule has 0 radical (unpaired) electrons. The summed E-state index contributed by atoms with van der Waals surface area (Å²) in [5, 5.41) is 0. The molecule has 3 aromatic rings. The summed E-state index contributed by atoms with van der Waals surface area (Å²) < 4.78 is 6.31. The largest absolute Gasteiger partial charge is 0.456 e. The standard InChI is InChI=1S/C30H31N3O2/c1-3-33(4-2)30(34)23-14-15-26-28(20-23)35-27-13-9-8-12-25(27)29(26)22-16-18-32(19-17-22)21-31-24-10-6-5-7-11-24/h5-15,20-21H,3-4,16-19H2,1-2H3/b31-21+. The van der Waals surface area contributed by atoms with E-state index in [1.807, 2.05) is 79.7 Å². The first-order valence-corrected chi connectivity index (χ1v) is 12.4. The van der Waals surface area contributed by atoms with Crippen LogP contribution in [-0.4, -0.2) is 48.2 Å². The topological polar surface area (TPSA) is 45.1 Å². The molecule has 1 saturated heterocycles. The molecule has 0 spiro atoms. The number of carbonyl (C=O) groups excluding carboxylic acids is 1. The van der Waals surface area contributed by atoms with Crippen LogP contribution >= 0.6 is 0 Å². The van der Waals surface area contributed by atoms with Crippen LogP contribution < -0.4 is 4.74 Å². The van der Waals surface area contributed by atoms with Gasteiger partial charge in [-0.3, -0.25) is 4.79 Å². The van der Waals surface area contributed by atoms with Crippen molar-refractivity contribution in [2.75, 3.05) is 26.2 Å². The molecule has 0 aromatic heterocycles. The average Bonchev–Trinajstić information content (AvgIpc) is 2.92. The van der Waals surface area contributed by atoms with Gasteiger partial charge in [0, 0.05) is 42.9 Å². The van der Waals surface area contributed by atoms with E-state index in [4.69, 9.17) is 4.74 Å². The number of ether oxygens (including phenoxy) is 1. The molecule has 0 aliphatic carbocycles. The van der Waals surface area contributed by atoms with Crippen molar-refractivity contribution < 1.29 is 9.53 Å². The second kappa shape index (κ2) is 10.2. The summed E-state index contributed by atoms with van der Waals surface area (Å²) in [7, 11) is 0. The minimum Gasteiger partial charge on any atom is -0.456 e. The lowest BCUT2D eigenvalue weighted by molar-refractivity contribution is 0.0772. The van der Waals surface area contributed by atoms with Gasteiger partial charge in [-0.2, -0.15) is 0 Å². The molecule has 35 heavy (non-hydrogen) atoms. The summed E-state index contributed by atoms with van der Waals surface area (Å²) in [6, 6.07) is 24.2. The van der Waals surface area contributed by atoms with Gasteiger partial charge in [0.15, 0.2) is 0 Å². The minimum atomic E-state index is 0.0421. The van der Waals surface area contributed by atoms with Crippen LogP contribution in [0.2, 0.25) is 0 Å². The molecule has 178 valence electrons. The van der Waals surface area contributed by atoms with E-state index in [9.17, 15) is 4.79 Å². The summed E-state index contributed by atoms with van der Waals surface area (Å²) in [5.74, 6) is 1.65. The maximum Gasteiger partial charge on any atom is 0.253 e. The van der Waals surface area contributed by atoms with Gasteiger partial charge in [0.25, 0.3) is 5.91 Å². The zero-order chi connectivity index (χ0) is 24.2. The van der Waals surface area contributed by atoms with E-state index >= 15 is 0 Å². The number of hydrogen-bond donors (Lipinski definition) is 0. The zero-order valence-corrected chi connectivity index (χ0v) is 20.4. The predicted octanol–water partition coefficient (Wildman–Crippen LogP) is 6.53. The molecule has 2 aliphatic heterocycles. The number of carbonyl (C=O) groups is 1. The molecule has 1 amide bonds. The minimum absolute atomic E-state index is 0.0421. The Bertz CT molecular complexity index is 1270. The number of piperidine rings is 1. The lowest BCUT2D eigenvalue weighted by atomic mass is 9.86. The molecule has 0 unspecified atom stereocenters. The van der Waals surface area contributed by atoms with Crippen molar-refractivity contribution in [3.05, 3.63) is 95.1 Å². The van der Waals surface area contributed by atoms with Gasteiger partial charge < -0.3 is 14.5 Å². The number of rotatable bonds is 5. The smallest absolute Gasteiger partial charge is 0.253 e. The fourth-order valence-electron chi connectivity index (χ4n) is 4.87. The zero-order valence-electron chi connectivity index (χ0n) is 20.4. The SMILES string of the molecule is CCN(CC)C(=O)c1ccc2c(c1)Oc1ccccc1C2=C1CCN(/C=N/c2ccccc2)CC1. The molecule has 2 heterocycles. The molecule has 1 fully saturated rings. The van der Waals surface area contributed by atoms with E-state index in [2.05, 4.69) is 28.1 Å². The van der Waals surface area contributed by atoms with Crippen molar-refractivity contribution in [2.24, 2.45) is 4.99 Å². The van der Waals surface area contributed by atoms with Crippen LogP contribution in [0, 0.1) is 0 Å². The molecule has 0 N–H and O–H groups in total. The highest BCUT2D eigenvalue weighted by Crippen LogP contribution is 2.46. The van der Waals surface area contributed by atoms with Gasteiger partial charge in [0.2, 0.25) is 0 Å². The molecule has 5 nitrogen and oxygen atoms in total. The van der Waals surface area contributed by atoms with E-state index in [0.717, 1.165) is 54.2 Å². The van der Waals surface area contributed by atoms with Crippen molar-refractivity contribution in [1.82, 2.24) is 9.80 Å². The second-order valence-corrected chi connectivity index (χ2v) is 8.88. The lowest BCUT2D eigenvalue weighted by Gasteiger charge is -2.31. The summed E-state index contributed by atoms with van der Waals surface area (Å²) in [5.41, 5.74) is 6.52. The van der Waals surface area contributed by atoms with E-state index in [1.54, 1.807) is 0 Å². The van der Waals surface area contributed by atoms with Crippen molar-refractivity contribution in [1.29, 1.82) is 0 Å². The monoisotopic (exact) mass is 465 g/mol. The lowest BCUT2D eigenvalue weighted by Crippen LogP contribution is -2.30. The Labute approximate surface area is 207 Å². The normalized spacial score (nSPS) is 15.0. The van der Waals surface area contributed by atoms with Crippen LogP contribution in [0.5, 0.6) is 11.5 Å². The molecule has 3 aromatic carbocycles. The second-order valence-electron chi connectivity index (χ2n) is 8.88. The van der Waals surface area contributed by atoms with Crippen LogP contribution in [-0.2, 0) is 0 Å². The van der Waals surface area contributed by atoms with Gasteiger partial charge in [-0.15, -0.1) is 0 Å². The van der Waals surface area contributed by atoms with E-state index < -0.39 is 0 Å². The van der Waals surface area contributed by atoms with Crippen molar-refractivity contribution in [3.63, 3.8) is 0 Å². The summed E-state index contributed by atoms with van der Waals surface area (Å²) in [6.07, 6.45) is 3.89. The third-order valence-electron chi connectivity index (χ3n) is 6.81. The Hall–Kier alpha value is -3.86. The summed E-state index contributed by atoms with van der Waals surface area (Å²) >= 11 is 0. The molecule has 5 heteroatoms. The molecular weight excluding hydrogens is 434 g/mol. The number of amides is 1. The molecule has 5 rings (SSSR count). The Balaban J connectivity index is 1.45. The number of nitrogens with zero attached hydrogens (tertiary/aromatic N) is 3. The highest BCUT2D eigenvalue weighted by molar-refractivity contribution is 5.97. The fraction of sp³-hybridized carbons (Fsp3) is 0.267. The Morgan fingerprint density at radius 1 is 0.914 bits per heavy atom. The first-order valence-electron chi connectivity index (χ1n) is 12.4. The maximum absolute atomic E-state index is 13.0. The van der Waals surface area contributed by atoms with Gasteiger partial charge in [-0.05, 0) is 68.7 Å². The molecule has 0 bridgehead atoms. The number of para-hydroxylation sites is 2. The van der Waals surface area contributed by atoms with Gasteiger partial charge in [0.1, 0.15) is 11.5 Å². The number of fused-ring (bicyclic) bond motifs is 2.